The lowest BCUT2D eigenvalue weighted by Gasteiger charge is -2.18. The summed E-state index contributed by atoms with van der Waals surface area (Å²) in [5.74, 6) is -0.852. The number of benzene rings is 1. The van der Waals surface area contributed by atoms with Gasteiger partial charge in [-0.25, -0.2) is 14.4 Å². The monoisotopic (exact) mass is 494 g/mol. The van der Waals surface area contributed by atoms with Crippen molar-refractivity contribution in [1.29, 1.82) is 0 Å². The second kappa shape index (κ2) is 9.23. The average molecular weight is 495 g/mol. The third-order valence-corrected chi connectivity index (χ3v) is 5.17. The van der Waals surface area contributed by atoms with Crippen LogP contribution in [0.2, 0.25) is 5.02 Å². The summed E-state index contributed by atoms with van der Waals surface area (Å²) in [6.45, 7) is -0.467. The number of rotatable bonds is 6. The predicted octanol–water partition coefficient (Wildman–Crippen LogP) is 4.17. The van der Waals surface area contributed by atoms with Gasteiger partial charge in [-0.3, -0.25) is 9.89 Å². The zero-order valence-corrected chi connectivity index (χ0v) is 17.8. The molecule has 0 bridgehead atoms. The number of aromatic nitrogens is 5. The maximum absolute atomic E-state index is 13.8. The molecule has 0 aliphatic rings. The van der Waals surface area contributed by atoms with Crippen LogP contribution < -0.4 is 10.9 Å². The quantitative estimate of drug-likeness (QED) is 0.347. The number of aliphatic hydroxyl groups excluding tert-OH is 1. The average Bonchev–Trinajstić information content (AvgIpc) is 3.27. The van der Waals surface area contributed by atoms with Crippen molar-refractivity contribution in [3.8, 4) is 11.3 Å². The third-order valence-electron chi connectivity index (χ3n) is 4.86. The molecule has 0 spiro atoms. The number of aromatic amines is 1. The highest BCUT2D eigenvalue weighted by Crippen LogP contribution is 2.29. The van der Waals surface area contributed by atoms with E-state index in [-0.39, 0.29) is 16.8 Å². The number of halogens is 5. The molecule has 0 saturated heterocycles. The Morgan fingerprint density at radius 3 is 2.62 bits per heavy atom. The molecule has 4 aromatic rings. The van der Waals surface area contributed by atoms with E-state index in [1.807, 2.05) is 5.10 Å². The van der Waals surface area contributed by atoms with Crippen LogP contribution in [-0.2, 0) is 6.18 Å². The Balaban J connectivity index is 1.60. The van der Waals surface area contributed by atoms with Crippen LogP contribution in [-0.4, -0.2) is 36.4 Å². The summed E-state index contributed by atoms with van der Waals surface area (Å²) >= 11 is 5.70. The van der Waals surface area contributed by atoms with Crippen LogP contribution in [0.3, 0.4) is 0 Å². The number of nitrogens with one attached hydrogen (secondary N) is 2. The summed E-state index contributed by atoms with van der Waals surface area (Å²) in [5.41, 5.74) is -0.476. The van der Waals surface area contributed by atoms with Crippen LogP contribution in [0.5, 0.6) is 0 Å². The van der Waals surface area contributed by atoms with E-state index in [1.54, 1.807) is 6.07 Å². The second-order valence-electron chi connectivity index (χ2n) is 7.09. The predicted molar refractivity (Wildman–Crippen MR) is 115 cm³/mol. The number of anilines is 2. The lowest BCUT2D eigenvalue weighted by Crippen LogP contribution is -2.27. The Labute approximate surface area is 193 Å². The van der Waals surface area contributed by atoms with Gasteiger partial charge in [0.2, 0.25) is 5.95 Å². The van der Waals surface area contributed by atoms with Crippen LogP contribution in [0.25, 0.3) is 11.3 Å². The van der Waals surface area contributed by atoms with Crippen molar-refractivity contribution in [2.75, 3.05) is 11.9 Å². The minimum absolute atomic E-state index is 0.0354. The van der Waals surface area contributed by atoms with Gasteiger partial charge in [0.1, 0.15) is 11.5 Å². The van der Waals surface area contributed by atoms with E-state index in [0.717, 1.165) is 12.1 Å². The topological polar surface area (TPSA) is 109 Å². The second-order valence-corrected chi connectivity index (χ2v) is 7.50. The highest BCUT2D eigenvalue weighted by atomic mass is 35.5. The smallest absolute Gasteiger partial charge is 0.394 e. The fraction of sp³-hybridized carbons (Fsp3) is 0.143. The van der Waals surface area contributed by atoms with E-state index >= 15 is 0 Å². The molecule has 3 aromatic heterocycles. The lowest BCUT2D eigenvalue weighted by molar-refractivity contribution is -0.141. The molecule has 13 heteroatoms. The highest BCUT2D eigenvalue weighted by molar-refractivity contribution is 6.30. The van der Waals surface area contributed by atoms with Crippen molar-refractivity contribution in [2.45, 2.75) is 12.2 Å². The molecule has 0 radical (unpaired) electrons. The summed E-state index contributed by atoms with van der Waals surface area (Å²) in [7, 11) is 0. The molecule has 0 unspecified atom stereocenters. The molecule has 0 fully saturated rings. The van der Waals surface area contributed by atoms with Crippen LogP contribution in [0.1, 0.15) is 17.3 Å². The number of nitrogens with zero attached hydrogens (tertiary/aromatic N) is 4. The summed E-state index contributed by atoms with van der Waals surface area (Å²) in [5, 5.41) is 17.7. The molecule has 4 rings (SSSR count). The molecule has 0 aliphatic carbocycles. The van der Waals surface area contributed by atoms with Crippen molar-refractivity contribution >= 4 is 23.4 Å². The Kier molecular flexibility index (Phi) is 6.35. The molecule has 3 N–H and O–H groups in total. The fourth-order valence-corrected chi connectivity index (χ4v) is 3.32. The Hall–Kier alpha value is -3.77. The molecule has 1 aromatic carbocycles. The number of alkyl halides is 3. The number of H-pyrrole nitrogens is 1. The van der Waals surface area contributed by atoms with Crippen molar-refractivity contribution in [1.82, 2.24) is 24.7 Å². The highest BCUT2D eigenvalue weighted by Gasteiger charge is 2.33. The molecule has 176 valence electrons. The van der Waals surface area contributed by atoms with Crippen molar-refractivity contribution < 1.29 is 22.7 Å². The maximum Gasteiger partial charge on any atom is 0.432 e. The molecule has 0 saturated carbocycles. The normalized spacial score (nSPS) is 12.5. The van der Waals surface area contributed by atoms with E-state index in [1.165, 1.54) is 41.2 Å². The molecule has 3 heterocycles. The van der Waals surface area contributed by atoms with Gasteiger partial charge in [-0.15, -0.1) is 0 Å². The van der Waals surface area contributed by atoms with E-state index in [2.05, 4.69) is 20.4 Å². The minimum atomic E-state index is -4.58. The molecule has 1 atom stereocenters. The van der Waals surface area contributed by atoms with Gasteiger partial charge in [-0.05, 0) is 29.8 Å². The number of aliphatic hydroxyl groups is 1. The first-order chi connectivity index (χ1) is 16.2. The van der Waals surface area contributed by atoms with E-state index < -0.39 is 35.9 Å². The van der Waals surface area contributed by atoms with Gasteiger partial charge in [0.15, 0.2) is 5.82 Å². The zero-order chi connectivity index (χ0) is 24.5. The largest absolute Gasteiger partial charge is 0.432 e. The van der Waals surface area contributed by atoms with Crippen molar-refractivity contribution in [2.24, 2.45) is 0 Å². The van der Waals surface area contributed by atoms with Crippen molar-refractivity contribution in [3.63, 3.8) is 0 Å². The van der Waals surface area contributed by atoms with E-state index in [0.29, 0.717) is 16.8 Å². The Morgan fingerprint density at radius 2 is 1.97 bits per heavy atom. The Morgan fingerprint density at radius 1 is 1.18 bits per heavy atom. The first-order valence-corrected chi connectivity index (χ1v) is 10.0. The number of pyridine rings is 1. The van der Waals surface area contributed by atoms with Crippen molar-refractivity contribution in [3.05, 3.63) is 87.3 Å². The minimum Gasteiger partial charge on any atom is -0.394 e. The molecule has 0 amide bonds. The molecular weight excluding hydrogens is 480 g/mol. The first-order valence-electron chi connectivity index (χ1n) is 9.67. The summed E-state index contributed by atoms with van der Waals surface area (Å²) in [6, 6.07) is 8.23. The summed E-state index contributed by atoms with van der Waals surface area (Å²) < 4.78 is 53.2. The molecule has 0 aliphatic heterocycles. The summed E-state index contributed by atoms with van der Waals surface area (Å²) in [4.78, 5) is 20.9. The molecular formula is C21H15ClF4N6O2. The standard InChI is InChI=1S/C21H15ClF4N6O2/c22-13-2-1-12(7-14(13)23)16(10-33)32-6-4-11(8-19(32)34)15-3-5-27-20(28-15)29-18-9-17(30-31-18)21(24,25)26/h1-9,16,33H,10H2,(H2,27,28,29,30,31)/t16-/m1/s1. The van der Waals surface area contributed by atoms with Gasteiger partial charge < -0.3 is 15.0 Å². The zero-order valence-electron chi connectivity index (χ0n) is 17.0. The SMILES string of the molecule is O=c1cc(-c2ccnc(Nc3cc(C(F)(F)F)[nH]n3)n2)ccn1[C@H](CO)c1ccc(Cl)c(F)c1. The van der Waals surface area contributed by atoms with Gasteiger partial charge in [0.05, 0.1) is 23.4 Å². The van der Waals surface area contributed by atoms with Gasteiger partial charge in [0.25, 0.3) is 5.56 Å². The van der Waals surface area contributed by atoms with Crippen LogP contribution >= 0.6 is 11.6 Å². The maximum atomic E-state index is 13.8. The summed E-state index contributed by atoms with van der Waals surface area (Å²) in [6.07, 6.45) is -1.80. The van der Waals surface area contributed by atoms with Crippen LogP contribution in [0.4, 0.5) is 29.3 Å². The lowest BCUT2D eigenvalue weighted by atomic mass is 10.1. The van der Waals surface area contributed by atoms with E-state index in [4.69, 9.17) is 11.6 Å². The Bertz CT molecular complexity index is 1390. The van der Waals surface area contributed by atoms with E-state index in [9.17, 15) is 27.5 Å². The third kappa shape index (κ3) is 4.92. The van der Waals surface area contributed by atoms with Gasteiger partial charge in [0, 0.05) is 30.1 Å². The first kappa shape index (κ1) is 23.4. The fourth-order valence-electron chi connectivity index (χ4n) is 3.21. The number of hydrogen-bond acceptors (Lipinski definition) is 6. The van der Waals surface area contributed by atoms with Gasteiger partial charge in [-0.1, -0.05) is 17.7 Å². The molecule has 34 heavy (non-hydrogen) atoms. The molecule has 8 nitrogen and oxygen atoms in total. The van der Waals surface area contributed by atoms with Gasteiger partial charge >= 0.3 is 6.18 Å². The number of hydrogen-bond donors (Lipinski definition) is 3. The van der Waals surface area contributed by atoms with Crippen LogP contribution in [0, 0.1) is 5.82 Å². The van der Waals surface area contributed by atoms with Gasteiger partial charge in [-0.2, -0.15) is 18.3 Å². The van der Waals surface area contributed by atoms with Crippen LogP contribution in [0.15, 0.2) is 59.7 Å².